The lowest BCUT2D eigenvalue weighted by molar-refractivity contribution is -0.121. The topological polar surface area (TPSA) is 99.7 Å². The fourth-order valence-electron chi connectivity index (χ4n) is 4.61. The zero-order valence-electron chi connectivity index (χ0n) is 21.7. The van der Waals surface area contributed by atoms with Crippen molar-refractivity contribution in [3.8, 4) is 11.5 Å². The minimum atomic E-state index is -0.176. The number of hydrogen-bond donors (Lipinski definition) is 1. The van der Waals surface area contributed by atoms with Crippen molar-refractivity contribution in [3.63, 3.8) is 0 Å². The summed E-state index contributed by atoms with van der Waals surface area (Å²) in [5.41, 5.74) is 2.35. The Morgan fingerprint density at radius 2 is 1.72 bits per heavy atom. The molecule has 3 aromatic carbocycles. The van der Waals surface area contributed by atoms with E-state index in [9.17, 15) is 9.59 Å². The number of fused-ring (bicyclic) bond motifs is 3. The number of carbonyl (C=O) groups excluding carboxylic acids is 1. The first-order valence-electron chi connectivity index (χ1n) is 12.6. The van der Waals surface area contributed by atoms with Crippen molar-refractivity contribution in [1.82, 2.24) is 24.5 Å². The second-order valence-electron chi connectivity index (χ2n) is 9.04. The zero-order chi connectivity index (χ0) is 27.4. The van der Waals surface area contributed by atoms with Gasteiger partial charge in [0.1, 0.15) is 5.82 Å². The molecule has 0 saturated carbocycles. The van der Waals surface area contributed by atoms with E-state index < -0.39 is 0 Å². The maximum Gasteiger partial charge on any atom is 0.263 e. The van der Waals surface area contributed by atoms with Crippen LogP contribution in [0, 0.1) is 0 Å². The third-order valence-electron chi connectivity index (χ3n) is 6.62. The van der Waals surface area contributed by atoms with Gasteiger partial charge in [0.2, 0.25) is 11.7 Å². The van der Waals surface area contributed by atoms with Crippen LogP contribution in [0.25, 0.3) is 16.7 Å². The summed E-state index contributed by atoms with van der Waals surface area (Å²) in [5.74, 6) is 2.23. The van der Waals surface area contributed by atoms with Crippen LogP contribution in [-0.2, 0) is 24.2 Å². The number of benzene rings is 3. The lowest BCUT2D eigenvalue weighted by Crippen LogP contribution is -2.26. The number of nitrogens with one attached hydrogen (secondary N) is 1. The second-order valence-corrected chi connectivity index (χ2v) is 9.45. The van der Waals surface area contributed by atoms with Crippen LogP contribution in [0.5, 0.6) is 11.5 Å². The lowest BCUT2D eigenvalue weighted by atomic mass is 10.1. The number of halogens is 1. The first kappa shape index (κ1) is 26.2. The quantitative estimate of drug-likeness (QED) is 0.284. The van der Waals surface area contributed by atoms with Gasteiger partial charge in [-0.05, 0) is 47.9 Å². The maximum absolute atomic E-state index is 13.4. The summed E-state index contributed by atoms with van der Waals surface area (Å²) in [6.45, 7) is 0.733. The van der Waals surface area contributed by atoms with Crippen LogP contribution in [0.2, 0.25) is 5.02 Å². The largest absolute Gasteiger partial charge is 0.493 e. The van der Waals surface area contributed by atoms with Crippen molar-refractivity contribution < 1.29 is 14.3 Å². The first-order chi connectivity index (χ1) is 19.0. The highest BCUT2D eigenvalue weighted by atomic mass is 35.5. The standard InChI is InChI=1S/C29H28ClN5O4/c1-38-24-12-11-19(17-25(24)39-2)15-16-31-27(36)14-13-26-32-33-29-34(18-20-7-3-5-9-22(20)30)28(37)21-8-4-6-10-23(21)35(26)29/h3-12,17H,13-16,18H2,1-2H3,(H,31,36). The normalized spacial score (nSPS) is 11.2. The van der Waals surface area contributed by atoms with E-state index in [1.807, 2.05) is 59.0 Å². The van der Waals surface area contributed by atoms with Crippen molar-refractivity contribution in [2.45, 2.75) is 25.8 Å². The highest BCUT2D eigenvalue weighted by molar-refractivity contribution is 6.31. The summed E-state index contributed by atoms with van der Waals surface area (Å²) in [6.07, 6.45) is 1.24. The minimum Gasteiger partial charge on any atom is -0.493 e. The van der Waals surface area contributed by atoms with Gasteiger partial charge in [-0.1, -0.05) is 48.0 Å². The molecule has 0 radical (unpaired) electrons. The predicted octanol–water partition coefficient (Wildman–Crippen LogP) is 4.05. The molecular weight excluding hydrogens is 518 g/mol. The van der Waals surface area contributed by atoms with E-state index >= 15 is 0 Å². The van der Waals surface area contributed by atoms with Crippen LogP contribution in [0.4, 0.5) is 0 Å². The Kier molecular flexibility index (Phi) is 7.79. The molecule has 0 aliphatic heterocycles. The number of carbonyl (C=O) groups is 1. The molecular formula is C29H28ClN5O4. The van der Waals surface area contributed by atoms with Gasteiger partial charge >= 0.3 is 0 Å². The molecule has 0 aliphatic carbocycles. The third kappa shape index (κ3) is 5.44. The van der Waals surface area contributed by atoms with Gasteiger partial charge in [-0.2, -0.15) is 0 Å². The first-order valence-corrected chi connectivity index (χ1v) is 12.9. The summed E-state index contributed by atoms with van der Waals surface area (Å²) < 4.78 is 14.0. The highest BCUT2D eigenvalue weighted by Crippen LogP contribution is 2.27. The number of nitrogens with zero attached hydrogens (tertiary/aromatic N) is 4. The fraction of sp³-hybridized carbons (Fsp3) is 0.241. The van der Waals surface area contributed by atoms with Crippen molar-refractivity contribution in [3.05, 3.63) is 99.1 Å². The predicted molar refractivity (Wildman–Crippen MR) is 150 cm³/mol. The molecule has 39 heavy (non-hydrogen) atoms. The van der Waals surface area contributed by atoms with Crippen molar-refractivity contribution in [2.24, 2.45) is 0 Å². The van der Waals surface area contributed by atoms with Gasteiger partial charge < -0.3 is 14.8 Å². The van der Waals surface area contributed by atoms with Gasteiger partial charge in [0, 0.05) is 24.4 Å². The van der Waals surface area contributed by atoms with E-state index in [2.05, 4.69) is 15.5 Å². The Labute approximate surface area is 230 Å². The molecule has 5 aromatic rings. The van der Waals surface area contributed by atoms with Crippen LogP contribution >= 0.6 is 11.6 Å². The molecule has 1 amide bonds. The number of para-hydroxylation sites is 1. The second kappa shape index (κ2) is 11.6. The number of methoxy groups -OCH3 is 2. The number of hydrogen-bond acceptors (Lipinski definition) is 6. The summed E-state index contributed by atoms with van der Waals surface area (Å²) in [6, 6.07) is 20.4. The molecule has 2 aromatic heterocycles. The number of rotatable bonds is 10. The van der Waals surface area contributed by atoms with Gasteiger partial charge in [0.05, 0.1) is 31.7 Å². The van der Waals surface area contributed by atoms with Gasteiger partial charge in [0.15, 0.2) is 11.5 Å². The Hall–Kier alpha value is -4.37. The molecule has 0 atom stereocenters. The smallest absolute Gasteiger partial charge is 0.263 e. The lowest BCUT2D eigenvalue weighted by Gasteiger charge is -2.12. The van der Waals surface area contributed by atoms with Gasteiger partial charge in [-0.25, -0.2) is 0 Å². The van der Waals surface area contributed by atoms with Crippen molar-refractivity contribution >= 4 is 34.2 Å². The van der Waals surface area contributed by atoms with Crippen LogP contribution in [0.1, 0.15) is 23.4 Å². The molecule has 0 unspecified atom stereocenters. The SMILES string of the molecule is COc1ccc(CCNC(=O)CCc2nnc3n(Cc4ccccc4Cl)c(=O)c4ccccc4n23)cc1OC. The molecule has 200 valence electrons. The molecule has 2 heterocycles. The summed E-state index contributed by atoms with van der Waals surface area (Å²) >= 11 is 6.38. The summed E-state index contributed by atoms with van der Waals surface area (Å²) in [7, 11) is 3.19. The highest BCUT2D eigenvalue weighted by Gasteiger charge is 2.18. The number of amides is 1. The van der Waals surface area contributed by atoms with Crippen LogP contribution in [0.3, 0.4) is 0 Å². The molecule has 9 nitrogen and oxygen atoms in total. The van der Waals surface area contributed by atoms with Crippen LogP contribution < -0.4 is 20.3 Å². The zero-order valence-corrected chi connectivity index (χ0v) is 22.4. The number of aromatic nitrogens is 4. The Morgan fingerprint density at radius 3 is 2.51 bits per heavy atom. The average molecular weight is 546 g/mol. The maximum atomic E-state index is 13.4. The van der Waals surface area contributed by atoms with Crippen LogP contribution in [0.15, 0.2) is 71.5 Å². The molecule has 0 fully saturated rings. The van der Waals surface area contributed by atoms with Crippen molar-refractivity contribution in [1.29, 1.82) is 0 Å². The van der Waals surface area contributed by atoms with Gasteiger partial charge in [0.25, 0.3) is 5.56 Å². The molecule has 5 rings (SSSR count). The fourth-order valence-corrected chi connectivity index (χ4v) is 4.81. The molecule has 0 spiro atoms. The molecule has 0 aliphatic rings. The Balaban J connectivity index is 1.33. The van der Waals surface area contributed by atoms with Crippen LogP contribution in [-0.4, -0.2) is 45.8 Å². The molecule has 0 bridgehead atoms. The van der Waals surface area contributed by atoms with Crippen molar-refractivity contribution in [2.75, 3.05) is 20.8 Å². The third-order valence-corrected chi connectivity index (χ3v) is 6.99. The van der Waals surface area contributed by atoms with E-state index in [1.165, 1.54) is 0 Å². The van der Waals surface area contributed by atoms with E-state index in [1.54, 1.807) is 30.9 Å². The Bertz CT molecular complexity index is 1710. The van der Waals surface area contributed by atoms with Gasteiger partial charge in [-0.15, -0.1) is 10.2 Å². The van der Waals surface area contributed by atoms with Gasteiger partial charge in [-0.3, -0.25) is 18.6 Å². The minimum absolute atomic E-state index is 0.0964. The van der Waals surface area contributed by atoms with E-state index in [0.717, 1.165) is 11.1 Å². The van der Waals surface area contributed by atoms with E-state index in [4.69, 9.17) is 21.1 Å². The summed E-state index contributed by atoms with van der Waals surface area (Å²) in [5, 5.41) is 12.8. The van der Waals surface area contributed by atoms with E-state index in [0.29, 0.717) is 58.4 Å². The Morgan fingerprint density at radius 1 is 0.949 bits per heavy atom. The number of ether oxygens (including phenoxy) is 2. The molecule has 1 N–H and O–H groups in total. The molecule has 10 heteroatoms. The monoisotopic (exact) mass is 545 g/mol. The van der Waals surface area contributed by atoms with E-state index in [-0.39, 0.29) is 24.4 Å². The number of aryl methyl sites for hydroxylation is 1. The molecule has 0 saturated heterocycles. The average Bonchev–Trinajstić information content (AvgIpc) is 3.39. The summed E-state index contributed by atoms with van der Waals surface area (Å²) in [4.78, 5) is 26.1.